The molecule has 0 bridgehead atoms. The van der Waals surface area contributed by atoms with Gasteiger partial charge in [-0.15, -0.1) is 0 Å². The predicted molar refractivity (Wildman–Crippen MR) is 85.4 cm³/mol. The Morgan fingerprint density at radius 3 is 1.95 bits per heavy atom. The molecule has 1 aliphatic carbocycles. The number of amides is 1. The zero-order chi connectivity index (χ0) is 17.3. The van der Waals surface area contributed by atoms with Gasteiger partial charge in [0.05, 0.1) is 0 Å². The Balaban J connectivity index is 2.63. The highest BCUT2D eigenvalue weighted by atomic mass is 16.6. The van der Waals surface area contributed by atoms with Gasteiger partial charge in [0.15, 0.2) is 0 Å². The lowest BCUT2D eigenvalue weighted by Crippen LogP contribution is -2.55. The maximum atomic E-state index is 12.1. The van der Waals surface area contributed by atoms with Crippen LogP contribution in [-0.4, -0.2) is 29.3 Å². The van der Waals surface area contributed by atoms with Gasteiger partial charge >= 0.3 is 12.1 Å². The lowest BCUT2D eigenvalue weighted by atomic mass is 9.67. The summed E-state index contributed by atoms with van der Waals surface area (Å²) < 4.78 is 10.6. The van der Waals surface area contributed by atoms with E-state index in [2.05, 4.69) is 11.9 Å². The molecule has 22 heavy (non-hydrogen) atoms. The van der Waals surface area contributed by atoms with Crippen molar-refractivity contribution in [3.63, 3.8) is 0 Å². The van der Waals surface area contributed by atoms with Crippen LogP contribution in [-0.2, 0) is 14.3 Å². The van der Waals surface area contributed by atoms with E-state index in [-0.39, 0.29) is 17.9 Å². The summed E-state index contributed by atoms with van der Waals surface area (Å²) in [6.07, 6.45) is 0.337. The van der Waals surface area contributed by atoms with Crippen LogP contribution in [0.3, 0.4) is 0 Å². The summed E-state index contributed by atoms with van der Waals surface area (Å²) in [7, 11) is 0. The van der Waals surface area contributed by atoms with Gasteiger partial charge in [0.25, 0.3) is 0 Å². The van der Waals surface area contributed by atoms with Crippen LogP contribution >= 0.6 is 0 Å². The van der Waals surface area contributed by atoms with Gasteiger partial charge < -0.3 is 14.8 Å². The van der Waals surface area contributed by atoms with E-state index >= 15 is 0 Å². The van der Waals surface area contributed by atoms with Crippen molar-refractivity contribution >= 4 is 12.1 Å². The molecule has 0 aromatic heterocycles. The minimum atomic E-state index is -0.552. The highest BCUT2D eigenvalue weighted by Crippen LogP contribution is 2.39. The van der Waals surface area contributed by atoms with Crippen LogP contribution in [0, 0.1) is 11.8 Å². The summed E-state index contributed by atoms with van der Waals surface area (Å²) >= 11 is 0. The number of hydrogen-bond acceptors (Lipinski definition) is 4. The molecule has 0 aromatic rings. The van der Waals surface area contributed by atoms with Gasteiger partial charge in [0.1, 0.15) is 11.2 Å². The van der Waals surface area contributed by atoms with Gasteiger partial charge in [0.2, 0.25) is 0 Å². The Morgan fingerprint density at radius 2 is 1.55 bits per heavy atom. The van der Waals surface area contributed by atoms with Crippen molar-refractivity contribution in [3.8, 4) is 0 Å². The van der Waals surface area contributed by atoms with E-state index in [1.54, 1.807) is 0 Å². The molecule has 5 heteroatoms. The Hall–Kier alpha value is -1.52. The van der Waals surface area contributed by atoms with Gasteiger partial charge in [-0.1, -0.05) is 13.5 Å². The van der Waals surface area contributed by atoms with Gasteiger partial charge in [-0.2, -0.15) is 0 Å². The molecule has 1 amide bonds. The van der Waals surface area contributed by atoms with Crippen LogP contribution < -0.4 is 5.32 Å². The second-order valence-corrected chi connectivity index (χ2v) is 8.02. The van der Waals surface area contributed by atoms with Crippen LogP contribution in [0.1, 0.15) is 54.9 Å². The fraction of sp³-hybridized carbons (Fsp3) is 0.765. The van der Waals surface area contributed by atoms with Crippen molar-refractivity contribution in [1.82, 2.24) is 5.32 Å². The quantitative estimate of drug-likeness (QED) is 0.640. The topological polar surface area (TPSA) is 64.6 Å². The van der Waals surface area contributed by atoms with E-state index in [0.29, 0.717) is 5.57 Å². The maximum absolute atomic E-state index is 12.1. The monoisotopic (exact) mass is 311 g/mol. The molecule has 5 nitrogen and oxygen atoms in total. The number of ether oxygens (including phenoxy) is 2. The molecule has 1 saturated carbocycles. The molecular formula is C17H29NO4. The average molecular weight is 311 g/mol. The molecular weight excluding hydrogens is 282 g/mol. The summed E-state index contributed by atoms with van der Waals surface area (Å²) in [5, 5.41) is 2.84. The van der Waals surface area contributed by atoms with Crippen LogP contribution in [0.15, 0.2) is 12.2 Å². The van der Waals surface area contributed by atoms with E-state index in [1.165, 1.54) is 0 Å². The second kappa shape index (κ2) is 6.31. The summed E-state index contributed by atoms with van der Waals surface area (Å²) in [6, 6.07) is -0.144. The second-order valence-electron chi connectivity index (χ2n) is 8.02. The molecule has 3 unspecified atom stereocenters. The molecule has 0 radical (unpaired) electrons. The number of hydrogen-bond donors (Lipinski definition) is 1. The Bertz CT molecular complexity index is 456. The molecule has 0 aliphatic heterocycles. The molecule has 0 heterocycles. The van der Waals surface area contributed by atoms with Crippen molar-refractivity contribution in [2.24, 2.45) is 11.8 Å². The van der Waals surface area contributed by atoms with Gasteiger partial charge in [-0.25, -0.2) is 9.59 Å². The van der Waals surface area contributed by atoms with Crippen molar-refractivity contribution in [3.05, 3.63) is 12.2 Å². The SMILES string of the molecule is C=C(C(=O)OC(C)(C)C)C1CC(C)C1NC(=O)OC(C)(C)C. The molecule has 1 fully saturated rings. The third-order valence-electron chi connectivity index (χ3n) is 3.46. The molecule has 0 saturated heterocycles. The highest BCUT2D eigenvalue weighted by Gasteiger charge is 2.43. The number of rotatable bonds is 3. The van der Waals surface area contributed by atoms with Crippen LogP contribution in [0.25, 0.3) is 0 Å². The fourth-order valence-electron chi connectivity index (χ4n) is 2.43. The minimum Gasteiger partial charge on any atom is -0.457 e. The molecule has 0 spiro atoms. The molecule has 1 N–H and O–H groups in total. The van der Waals surface area contributed by atoms with Crippen molar-refractivity contribution in [2.45, 2.75) is 72.1 Å². The third kappa shape index (κ3) is 5.35. The highest BCUT2D eigenvalue weighted by molar-refractivity contribution is 5.89. The zero-order valence-electron chi connectivity index (χ0n) is 14.8. The number of alkyl carbamates (subject to hydrolysis) is 1. The first-order chi connectivity index (χ1) is 9.80. The van der Waals surface area contributed by atoms with Crippen LogP contribution in [0.2, 0.25) is 0 Å². The fourth-order valence-corrected chi connectivity index (χ4v) is 2.43. The number of nitrogens with one attached hydrogen (secondary N) is 1. The standard InChI is InChI=1S/C17H29NO4/c1-10-9-12(11(2)14(19)21-16(3,4)5)13(10)18-15(20)22-17(6,7)8/h10,12-13H,2,9H2,1,3-8H3,(H,18,20). The van der Waals surface area contributed by atoms with Crippen molar-refractivity contribution in [2.75, 3.05) is 0 Å². The number of esters is 1. The number of carbonyl (C=O) groups is 2. The summed E-state index contributed by atoms with van der Waals surface area (Å²) in [4.78, 5) is 24.0. The van der Waals surface area contributed by atoms with E-state index < -0.39 is 23.3 Å². The van der Waals surface area contributed by atoms with E-state index in [4.69, 9.17) is 9.47 Å². The first-order valence-corrected chi connectivity index (χ1v) is 7.72. The number of carbonyl (C=O) groups excluding carboxylic acids is 2. The van der Waals surface area contributed by atoms with Gasteiger partial charge in [-0.3, -0.25) is 0 Å². The van der Waals surface area contributed by atoms with Gasteiger partial charge in [0, 0.05) is 17.5 Å². The Kier molecular flexibility index (Phi) is 5.31. The molecule has 1 aliphatic rings. The lowest BCUT2D eigenvalue weighted by molar-refractivity contribution is -0.151. The smallest absolute Gasteiger partial charge is 0.407 e. The first-order valence-electron chi connectivity index (χ1n) is 7.72. The average Bonchev–Trinajstić information content (AvgIpc) is 2.28. The van der Waals surface area contributed by atoms with E-state index in [9.17, 15) is 9.59 Å². The lowest BCUT2D eigenvalue weighted by Gasteiger charge is -2.44. The Labute approximate surface area is 133 Å². The van der Waals surface area contributed by atoms with Crippen LogP contribution in [0.4, 0.5) is 4.79 Å². The minimum absolute atomic E-state index is 0.0997. The third-order valence-corrected chi connectivity index (χ3v) is 3.46. The normalized spacial score (nSPS) is 25.0. The maximum Gasteiger partial charge on any atom is 0.407 e. The zero-order valence-corrected chi connectivity index (χ0v) is 14.8. The van der Waals surface area contributed by atoms with Crippen molar-refractivity contribution in [1.29, 1.82) is 0 Å². The predicted octanol–water partition coefficient (Wildman–Crippen LogP) is 3.43. The Morgan fingerprint density at radius 1 is 1.05 bits per heavy atom. The van der Waals surface area contributed by atoms with Gasteiger partial charge in [-0.05, 0) is 53.9 Å². The van der Waals surface area contributed by atoms with Crippen molar-refractivity contribution < 1.29 is 19.1 Å². The first kappa shape index (κ1) is 18.5. The molecule has 126 valence electrons. The van der Waals surface area contributed by atoms with Crippen LogP contribution in [0.5, 0.6) is 0 Å². The molecule has 3 atom stereocenters. The summed E-state index contributed by atoms with van der Waals surface area (Å²) in [6.45, 7) is 16.8. The van der Waals surface area contributed by atoms with E-state index in [0.717, 1.165) is 6.42 Å². The largest absolute Gasteiger partial charge is 0.457 e. The molecule has 1 rings (SSSR count). The summed E-state index contributed by atoms with van der Waals surface area (Å²) in [5.41, 5.74) is -0.688. The van der Waals surface area contributed by atoms with E-state index in [1.807, 2.05) is 48.5 Å². The summed E-state index contributed by atoms with van der Waals surface area (Å²) in [5.74, 6) is -0.227. The molecule has 0 aromatic carbocycles.